The summed E-state index contributed by atoms with van der Waals surface area (Å²) in [4.78, 5) is 25.3. The number of likely N-dealkylation sites (tertiary alicyclic amines) is 1. The third-order valence-electron chi connectivity index (χ3n) is 5.87. The Morgan fingerprint density at radius 3 is 2.50 bits per heavy atom. The molecule has 2 saturated heterocycles. The van der Waals surface area contributed by atoms with E-state index in [-0.39, 0.29) is 29.6 Å². The average Bonchev–Trinajstić information content (AvgIpc) is 3.51. The van der Waals surface area contributed by atoms with Crippen LogP contribution in [0.25, 0.3) is 5.13 Å². The minimum absolute atomic E-state index is 0.154. The van der Waals surface area contributed by atoms with Gasteiger partial charge in [0.2, 0.25) is 5.13 Å². The summed E-state index contributed by atoms with van der Waals surface area (Å²) in [6, 6.07) is 2.26. The molecule has 3 aromatic heterocycles. The van der Waals surface area contributed by atoms with E-state index in [9.17, 15) is 18.0 Å². The Labute approximate surface area is 185 Å². The normalized spacial score (nSPS) is 20.6. The second-order valence-corrected chi connectivity index (χ2v) is 8.53. The van der Waals surface area contributed by atoms with Crippen molar-refractivity contribution in [1.29, 1.82) is 0 Å². The number of anilines is 1. The maximum atomic E-state index is 13.5. The molecule has 2 unspecified atom stereocenters. The number of piperazine rings is 1. The number of aromatic nitrogens is 4. The van der Waals surface area contributed by atoms with E-state index < -0.39 is 11.7 Å². The first-order chi connectivity index (χ1) is 15.4. The molecular formula is C20H19F3N6O2S. The Hall–Kier alpha value is -3.15. The fourth-order valence-electron chi connectivity index (χ4n) is 4.56. The summed E-state index contributed by atoms with van der Waals surface area (Å²) in [5.41, 5.74) is -0.446. The smallest absolute Gasteiger partial charge is 0.420 e. The van der Waals surface area contributed by atoms with E-state index in [4.69, 9.17) is 4.74 Å². The van der Waals surface area contributed by atoms with Gasteiger partial charge in [-0.25, -0.2) is 14.6 Å². The Kier molecular flexibility index (Phi) is 5.03. The number of pyridine rings is 1. The number of ether oxygens (including phenoxy) is 1. The summed E-state index contributed by atoms with van der Waals surface area (Å²) < 4.78 is 47.1. The third-order valence-corrected chi connectivity index (χ3v) is 6.62. The number of hydrogen-bond acceptors (Lipinski definition) is 7. The Morgan fingerprint density at radius 2 is 1.88 bits per heavy atom. The highest BCUT2D eigenvalue weighted by Gasteiger charge is 2.45. The van der Waals surface area contributed by atoms with Crippen LogP contribution in [-0.4, -0.2) is 62.8 Å². The lowest BCUT2D eigenvalue weighted by Crippen LogP contribution is -2.56. The number of halogens is 3. The highest BCUT2D eigenvalue weighted by molar-refractivity contribution is 7.12. The Balaban J connectivity index is 1.42. The van der Waals surface area contributed by atoms with Crippen molar-refractivity contribution in [2.45, 2.75) is 31.1 Å². The lowest BCUT2D eigenvalue weighted by molar-refractivity contribution is -0.138. The summed E-state index contributed by atoms with van der Waals surface area (Å²) in [6.45, 7) is 0.749. The van der Waals surface area contributed by atoms with Gasteiger partial charge in [-0.3, -0.25) is 4.79 Å². The van der Waals surface area contributed by atoms with Crippen molar-refractivity contribution in [3.05, 3.63) is 47.4 Å². The number of nitrogens with zero attached hydrogens (tertiary/aromatic N) is 6. The highest BCUT2D eigenvalue weighted by atomic mass is 32.1. The number of rotatable bonds is 4. The van der Waals surface area contributed by atoms with Crippen molar-refractivity contribution in [1.82, 2.24) is 24.6 Å². The molecular weight excluding hydrogens is 445 g/mol. The topological polar surface area (TPSA) is 76.4 Å². The predicted octanol–water partition coefficient (Wildman–Crippen LogP) is 3.24. The molecule has 12 heteroatoms. The molecule has 0 radical (unpaired) electrons. The average molecular weight is 464 g/mol. The molecule has 0 spiro atoms. The van der Waals surface area contributed by atoms with Gasteiger partial charge in [-0.05, 0) is 25.0 Å². The van der Waals surface area contributed by atoms with Crippen molar-refractivity contribution in [3.63, 3.8) is 0 Å². The van der Waals surface area contributed by atoms with Crippen LogP contribution in [0, 0.1) is 0 Å². The fraction of sp³-hybridized carbons (Fsp3) is 0.400. The van der Waals surface area contributed by atoms with Crippen molar-refractivity contribution in [2.24, 2.45) is 0 Å². The van der Waals surface area contributed by atoms with Crippen LogP contribution < -0.4 is 9.64 Å². The first-order valence-electron chi connectivity index (χ1n) is 10.00. The van der Waals surface area contributed by atoms with Gasteiger partial charge in [0.05, 0.1) is 13.3 Å². The lowest BCUT2D eigenvalue weighted by Gasteiger charge is -2.42. The third kappa shape index (κ3) is 3.38. The molecule has 0 aromatic carbocycles. The minimum Gasteiger partial charge on any atom is -0.492 e. The summed E-state index contributed by atoms with van der Waals surface area (Å²) in [5, 5.41) is 6.62. The van der Waals surface area contributed by atoms with Crippen molar-refractivity contribution < 1.29 is 22.7 Å². The SMILES string of the molecule is COc1c(C(F)(F)F)ccnc1N1C2CCC1CN(C(=O)c1ccnn1-c1nccs1)C2. The largest absolute Gasteiger partial charge is 0.492 e. The van der Waals surface area contributed by atoms with E-state index in [1.165, 1.54) is 23.1 Å². The second-order valence-electron chi connectivity index (χ2n) is 7.66. The summed E-state index contributed by atoms with van der Waals surface area (Å²) >= 11 is 1.37. The number of thiazole rings is 1. The van der Waals surface area contributed by atoms with Crippen LogP contribution in [0.2, 0.25) is 0 Å². The molecule has 0 saturated carbocycles. The summed E-state index contributed by atoms with van der Waals surface area (Å²) in [7, 11) is 1.22. The second kappa shape index (κ2) is 7.76. The van der Waals surface area contributed by atoms with Crippen LogP contribution >= 0.6 is 11.3 Å². The van der Waals surface area contributed by atoms with Gasteiger partial charge in [0.15, 0.2) is 11.6 Å². The van der Waals surface area contributed by atoms with Crippen LogP contribution in [0.15, 0.2) is 36.1 Å². The molecule has 1 amide bonds. The Bertz CT molecular complexity index is 1120. The van der Waals surface area contributed by atoms with Crippen LogP contribution in [0.4, 0.5) is 19.0 Å². The first-order valence-corrected chi connectivity index (χ1v) is 10.9. The summed E-state index contributed by atoms with van der Waals surface area (Å²) in [6.07, 6.45) is 1.31. The van der Waals surface area contributed by atoms with E-state index in [2.05, 4.69) is 15.1 Å². The number of amides is 1. The molecule has 5 rings (SSSR count). The van der Waals surface area contributed by atoms with Gasteiger partial charge in [-0.15, -0.1) is 11.3 Å². The van der Waals surface area contributed by atoms with Crippen LogP contribution in [0.5, 0.6) is 5.75 Å². The van der Waals surface area contributed by atoms with E-state index in [1.807, 2.05) is 4.90 Å². The standard InChI is InChI=1S/C20H19F3N6O2S/c1-31-16-14(20(21,22)23)4-6-24-17(16)28-12-2-3-13(28)11-27(10-12)18(30)15-5-7-26-29(15)19-25-8-9-32-19/h4-9,12-13H,2-3,10-11H2,1H3. The van der Waals surface area contributed by atoms with E-state index in [0.717, 1.165) is 25.1 Å². The molecule has 3 aromatic rings. The first kappa shape index (κ1) is 20.7. The molecule has 32 heavy (non-hydrogen) atoms. The maximum absolute atomic E-state index is 13.5. The monoisotopic (exact) mass is 464 g/mol. The number of carbonyl (C=O) groups is 1. The van der Waals surface area contributed by atoms with Gasteiger partial charge in [0.1, 0.15) is 11.3 Å². The number of methoxy groups -OCH3 is 1. The zero-order valence-electron chi connectivity index (χ0n) is 17.0. The molecule has 2 fully saturated rings. The van der Waals surface area contributed by atoms with Gasteiger partial charge in [0.25, 0.3) is 5.91 Å². The molecule has 2 bridgehead atoms. The van der Waals surface area contributed by atoms with Gasteiger partial charge < -0.3 is 14.5 Å². The van der Waals surface area contributed by atoms with E-state index >= 15 is 0 Å². The predicted molar refractivity (Wildman–Crippen MR) is 110 cm³/mol. The molecule has 0 N–H and O–H groups in total. The van der Waals surface area contributed by atoms with Crippen LogP contribution in [0.3, 0.4) is 0 Å². The van der Waals surface area contributed by atoms with Gasteiger partial charge in [-0.2, -0.15) is 18.3 Å². The molecule has 2 aliphatic heterocycles. The Morgan fingerprint density at radius 1 is 1.12 bits per heavy atom. The molecule has 0 aliphatic carbocycles. The fourth-order valence-corrected chi connectivity index (χ4v) is 5.17. The van der Waals surface area contributed by atoms with Crippen molar-refractivity contribution in [2.75, 3.05) is 25.1 Å². The van der Waals surface area contributed by atoms with Crippen LogP contribution in [-0.2, 0) is 6.18 Å². The molecule has 2 atom stereocenters. The highest BCUT2D eigenvalue weighted by Crippen LogP contribution is 2.44. The number of fused-ring (bicyclic) bond motifs is 2. The number of alkyl halides is 3. The zero-order chi connectivity index (χ0) is 22.5. The van der Waals surface area contributed by atoms with E-state index in [0.29, 0.717) is 23.9 Å². The molecule has 2 aliphatic rings. The maximum Gasteiger partial charge on any atom is 0.420 e. The van der Waals surface area contributed by atoms with Crippen molar-refractivity contribution in [3.8, 4) is 10.9 Å². The lowest BCUT2D eigenvalue weighted by atomic mass is 10.1. The molecule has 5 heterocycles. The number of carbonyl (C=O) groups excluding carboxylic acids is 1. The quantitative estimate of drug-likeness (QED) is 0.590. The molecule has 8 nitrogen and oxygen atoms in total. The molecule has 168 valence electrons. The minimum atomic E-state index is -4.55. The zero-order valence-corrected chi connectivity index (χ0v) is 17.8. The van der Waals surface area contributed by atoms with Crippen LogP contribution in [0.1, 0.15) is 28.9 Å². The van der Waals surface area contributed by atoms with Gasteiger partial charge in [-0.1, -0.05) is 0 Å². The van der Waals surface area contributed by atoms with E-state index in [1.54, 1.807) is 28.7 Å². The number of hydrogen-bond donors (Lipinski definition) is 0. The van der Waals surface area contributed by atoms with Gasteiger partial charge in [0, 0.05) is 42.9 Å². The van der Waals surface area contributed by atoms with Gasteiger partial charge >= 0.3 is 6.18 Å². The summed E-state index contributed by atoms with van der Waals surface area (Å²) in [5.74, 6) is -0.286. The van der Waals surface area contributed by atoms with Crippen molar-refractivity contribution >= 4 is 23.1 Å².